The predicted molar refractivity (Wildman–Crippen MR) is 38.2 cm³/mol. The van der Waals surface area contributed by atoms with E-state index in [1.807, 2.05) is 20.0 Å². The Labute approximate surface area is 54.9 Å². The van der Waals surface area contributed by atoms with Gasteiger partial charge < -0.3 is 5.32 Å². The summed E-state index contributed by atoms with van der Waals surface area (Å²) >= 11 is 0. The fourth-order valence-electron chi connectivity index (χ4n) is 0.689. The quantitative estimate of drug-likeness (QED) is 0.520. The lowest BCUT2D eigenvalue weighted by atomic mass is 10.4. The molecule has 0 fully saturated rings. The summed E-state index contributed by atoms with van der Waals surface area (Å²) in [7, 11) is 1.87. The normalized spacial score (nSPS) is 25.1. The molecule has 1 aliphatic heterocycles. The first-order chi connectivity index (χ1) is 4.33. The smallest absolute Gasteiger partial charge is 0.173 e. The van der Waals surface area contributed by atoms with E-state index in [9.17, 15) is 0 Å². The average molecular weight is 125 g/mol. The molecular weight excluding hydrogens is 114 g/mol. The third kappa shape index (κ3) is 1.54. The van der Waals surface area contributed by atoms with E-state index in [1.54, 1.807) is 6.21 Å². The molecule has 50 valence electrons. The van der Waals surface area contributed by atoms with Gasteiger partial charge in [0.05, 0.1) is 0 Å². The van der Waals surface area contributed by atoms with E-state index in [2.05, 4.69) is 15.6 Å². The molecule has 0 saturated heterocycles. The van der Waals surface area contributed by atoms with E-state index in [0.717, 1.165) is 5.70 Å². The molecule has 2 N–H and O–H groups in total. The Bertz CT molecular complexity index is 148. The number of nitrogens with one attached hydrogen (secondary N) is 2. The van der Waals surface area contributed by atoms with Gasteiger partial charge in [-0.15, -0.1) is 0 Å². The fraction of sp³-hybridized carbons (Fsp3) is 0.500. The lowest BCUT2D eigenvalue weighted by Gasteiger charge is -2.17. The third-order valence-electron chi connectivity index (χ3n) is 1.20. The van der Waals surface area contributed by atoms with Crippen LogP contribution >= 0.6 is 0 Å². The molecule has 0 aliphatic carbocycles. The number of hydrogen-bond acceptors (Lipinski definition) is 3. The summed E-state index contributed by atoms with van der Waals surface area (Å²) in [5, 5.41) is 6.10. The van der Waals surface area contributed by atoms with Crippen molar-refractivity contribution in [2.24, 2.45) is 4.99 Å². The lowest BCUT2D eigenvalue weighted by Crippen LogP contribution is -2.38. The van der Waals surface area contributed by atoms with Gasteiger partial charge in [-0.05, 0) is 20.0 Å². The van der Waals surface area contributed by atoms with E-state index < -0.39 is 0 Å². The minimum absolute atomic E-state index is 0.0648. The van der Waals surface area contributed by atoms with Gasteiger partial charge in [0.1, 0.15) is 0 Å². The van der Waals surface area contributed by atoms with E-state index in [4.69, 9.17) is 0 Å². The van der Waals surface area contributed by atoms with E-state index in [-0.39, 0.29) is 6.29 Å². The Morgan fingerprint density at radius 1 is 1.78 bits per heavy atom. The molecule has 3 heteroatoms. The van der Waals surface area contributed by atoms with Gasteiger partial charge in [0.25, 0.3) is 0 Å². The molecule has 0 aromatic carbocycles. The number of nitrogens with zero attached hydrogens (tertiary/aromatic N) is 1. The predicted octanol–water partition coefficient (Wildman–Crippen LogP) is 0.0672. The highest BCUT2D eigenvalue weighted by Crippen LogP contribution is 1.93. The van der Waals surface area contributed by atoms with Crippen LogP contribution in [-0.2, 0) is 0 Å². The standard InChI is InChI=1S/C6H11N3/c1-5-3-4-8-6(7-2)9-5/h3-4,6-7,9H,1-2H3. The SMILES string of the molecule is CNC1N=CC=C(C)N1. The molecule has 0 aromatic rings. The second-order valence-electron chi connectivity index (χ2n) is 1.98. The summed E-state index contributed by atoms with van der Waals surface area (Å²) in [6, 6.07) is 0. The van der Waals surface area contributed by atoms with E-state index in [1.165, 1.54) is 0 Å². The van der Waals surface area contributed by atoms with Gasteiger partial charge >= 0.3 is 0 Å². The van der Waals surface area contributed by atoms with Crippen molar-refractivity contribution in [1.82, 2.24) is 10.6 Å². The molecule has 0 radical (unpaired) electrons. The van der Waals surface area contributed by atoms with Gasteiger partial charge in [-0.25, -0.2) is 0 Å². The summed E-state index contributed by atoms with van der Waals surface area (Å²) in [6.45, 7) is 2.01. The molecule has 1 rings (SSSR count). The Balaban J connectivity index is 2.51. The highest BCUT2D eigenvalue weighted by Gasteiger charge is 2.02. The molecule has 0 bridgehead atoms. The molecule has 0 saturated carbocycles. The number of allylic oxidation sites excluding steroid dienone is 2. The van der Waals surface area contributed by atoms with Gasteiger partial charge in [-0.1, -0.05) is 0 Å². The zero-order valence-electron chi connectivity index (χ0n) is 5.68. The van der Waals surface area contributed by atoms with Crippen molar-refractivity contribution in [3.05, 3.63) is 11.8 Å². The lowest BCUT2D eigenvalue weighted by molar-refractivity contribution is 0.516. The van der Waals surface area contributed by atoms with Crippen LogP contribution in [0.25, 0.3) is 0 Å². The van der Waals surface area contributed by atoms with Gasteiger partial charge in [0, 0.05) is 11.9 Å². The topological polar surface area (TPSA) is 36.4 Å². The molecule has 1 heterocycles. The summed E-state index contributed by atoms with van der Waals surface area (Å²) in [6.07, 6.45) is 3.80. The largest absolute Gasteiger partial charge is 0.355 e. The van der Waals surface area contributed by atoms with Crippen molar-refractivity contribution in [2.45, 2.75) is 13.2 Å². The van der Waals surface area contributed by atoms with Crippen LogP contribution in [0.1, 0.15) is 6.92 Å². The van der Waals surface area contributed by atoms with Gasteiger partial charge in [0.15, 0.2) is 6.29 Å². The molecule has 1 unspecified atom stereocenters. The molecule has 1 aliphatic rings. The zero-order valence-corrected chi connectivity index (χ0v) is 5.68. The maximum absolute atomic E-state index is 4.07. The van der Waals surface area contributed by atoms with Crippen molar-refractivity contribution in [3.8, 4) is 0 Å². The van der Waals surface area contributed by atoms with Crippen molar-refractivity contribution in [3.63, 3.8) is 0 Å². The van der Waals surface area contributed by atoms with Crippen molar-refractivity contribution in [2.75, 3.05) is 7.05 Å². The average Bonchev–Trinajstić information content (AvgIpc) is 1.88. The Hall–Kier alpha value is -0.830. The first kappa shape index (κ1) is 6.29. The maximum atomic E-state index is 4.07. The number of rotatable bonds is 1. The van der Waals surface area contributed by atoms with Crippen LogP contribution in [0.4, 0.5) is 0 Å². The second-order valence-corrected chi connectivity index (χ2v) is 1.98. The summed E-state index contributed by atoms with van der Waals surface area (Å²) in [5.41, 5.74) is 1.14. The first-order valence-electron chi connectivity index (χ1n) is 2.97. The van der Waals surface area contributed by atoms with E-state index in [0.29, 0.717) is 0 Å². The monoisotopic (exact) mass is 125 g/mol. The molecule has 0 spiro atoms. The number of hydrogen-bond donors (Lipinski definition) is 2. The summed E-state index contributed by atoms with van der Waals surface area (Å²) in [4.78, 5) is 4.07. The molecule has 9 heavy (non-hydrogen) atoms. The van der Waals surface area contributed by atoms with Crippen LogP contribution < -0.4 is 10.6 Å². The van der Waals surface area contributed by atoms with E-state index >= 15 is 0 Å². The maximum Gasteiger partial charge on any atom is 0.173 e. The molecule has 0 aromatic heterocycles. The van der Waals surface area contributed by atoms with Crippen molar-refractivity contribution < 1.29 is 0 Å². The van der Waals surface area contributed by atoms with Gasteiger partial charge in [-0.3, -0.25) is 10.3 Å². The Morgan fingerprint density at radius 3 is 3.00 bits per heavy atom. The highest BCUT2D eigenvalue weighted by atomic mass is 15.2. The van der Waals surface area contributed by atoms with Crippen LogP contribution in [0.5, 0.6) is 0 Å². The summed E-state index contributed by atoms with van der Waals surface area (Å²) in [5.74, 6) is 0. The van der Waals surface area contributed by atoms with Crippen molar-refractivity contribution >= 4 is 6.21 Å². The fourth-order valence-corrected chi connectivity index (χ4v) is 0.689. The van der Waals surface area contributed by atoms with Crippen LogP contribution in [0.2, 0.25) is 0 Å². The molecular formula is C6H11N3. The minimum atomic E-state index is 0.0648. The van der Waals surface area contributed by atoms with Crippen LogP contribution in [-0.4, -0.2) is 19.6 Å². The third-order valence-corrected chi connectivity index (χ3v) is 1.20. The van der Waals surface area contributed by atoms with Crippen LogP contribution in [0.3, 0.4) is 0 Å². The Kier molecular flexibility index (Phi) is 1.85. The number of aliphatic imine (C=N–C) groups is 1. The zero-order chi connectivity index (χ0) is 6.69. The minimum Gasteiger partial charge on any atom is -0.355 e. The summed E-state index contributed by atoms with van der Waals surface area (Å²) < 4.78 is 0. The van der Waals surface area contributed by atoms with Gasteiger partial charge in [-0.2, -0.15) is 0 Å². The van der Waals surface area contributed by atoms with Crippen molar-refractivity contribution in [1.29, 1.82) is 0 Å². The molecule has 0 amide bonds. The molecule has 3 nitrogen and oxygen atoms in total. The van der Waals surface area contributed by atoms with Gasteiger partial charge in [0.2, 0.25) is 0 Å². The van der Waals surface area contributed by atoms with Crippen LogP contribution in [0, 0.1) is 0 Å². The Morgan fingerprint density at radius 2 is 2.56 bits per heavy atom. The molecule has 1 atom stereocenters. The second kappa shape index (κ2) is 2.64. The van der Waals surface area contributed by atoms with Crippen LogP contribution in [0.15, 0.2) is 16.8 Å². The first-order valence-corrected chi connectivity index (χ1v) is 2.97. The highest BCUT2D eigenvalue weighted by molar-refractivity contribution is 5.72.